The normalized spacial score (nSPS) is 10.4. The maximum absolute atomic E-state index is 11.9. The van der Waals surface area contributed by atoms with Crippen LogP contribution in [-0.2, 0) is 9.53 Å². The number of amides is 1. The summed E-state index contributed by atoms with van der Waals surface area (Å²) in [4.78, 5) is 23.6. The fourth-order valence-corrected chi connectivity index (χ4v) is 3.33. The number of carbonyl (C=O) groups excluding carboxylic acids is 2. The van der Waals surface area contributed by atoms with E-state index in [1.54, 1.807) is 13.8 Å². The first-order valence-electron chi connectivity index (χ1n) is 5.82. The van der Waals surface area contributed by atoms with Crippen molar-refractivity contribution in [3.8, 4) is 0 Å². The van der Waals surface area contributed by atoms with Gasteiger partial charge in [-0.15, -0.1) is 15.3 Å². The first-order chi connectivity index (χ1) is 10.1. The Bertz CT molecular complexity index is 641. The van der Waals surface area contributed by atoms with Gasteiger partial charge in [0.2, 0.25) is 5.13 Å². The summed E-state index contributed by atoms with van der Waals surface area (Å²) in [7, 11) is 0. The molecule has 0 fully saturated rings. The summed E-state index contributed by atoms with van der Waals surface area (Å²) in [5, 5.41) is 14.5. The lowest BCUT2D eigenvalue weighted by molar-refractivity contribution is -0.139. The number of nitrogens with one attached hydrogen (secondary N) is 1. The average molecular weight is 345 g/mol. The highest BCUT2D eigenvalue weighted by molar-refractivity contribution is 8.01. The molecule has 1 amide bonds. The zero-order valence-electron chi connectivity index (χ0n) is 11.2. The molecule has 0 aromatic carbocycles. The molecule has 0 radical (unpaired) electrons. The summed E-state index contributed by atoms with van der Waals surface area (Å²) in [5.41, 5.74) is 0.568. The minimum atomic E-state index is -0.319. The molecule has 0 atom stereocenters. The van der Waals surface area contributed by atoms with Gasteiger partial charge in [-0.05, 0) is 25.4 Å². The Hall–Kier alpha value is -1.59. The fourth-order valence-electron chi connectivity index (χ4n) is 1.24. The summed E-state index contributed by atoms with van der Waals surface area (Å²) in [6, 6.07) is 0. The molecule has 11 heteroatoms. The number of esters is 1. The van der Waals surface area contributed by atoms with Crippen LogP contribution < -0.4 is 5.32 Å². The predicted octanol–water partition coefficient (Wildman–Crippen LogP) is 1.61. The second-order valence-electron chi connectivity index (χ2n) is 3.61. The number of thioether (sulfide) groups is 1. The van der Waals surface area contributed by atoms with E-state index in [0.29, 0.717) is 26.6 Å². The van der Waals surface area contributed by atoms with Crippen molar-refractivity contribution in [1.29, 1.82) is 0 Å². The van der Waals surface area contributed by atoms with Crippen molar-refractivity contribution in [2.75, 3.05) is 17.7 Å². The van der Waals surface area contributed by atoms with Crippen molar-refractivity contribution >= 4 is 51.6 Å². The summed E-state index contributed by atoms with van der Waals surface area (Å²) < 4.78 is 9.09. The van der Waals surface area contributed by atoms with Crippen molar-refractivity contribution in [2.24, 2.45) is 0 Å². The molecule has 2 aromatic rings. The van der Waals surface area contributed by atoms with Gasteiger partial charge in [0.05, 0.1) is 18.1 Å². The molecule has 0 aliphatic carbocycles. The minimum Gasteiger partial charge on any atom is -0.465 e. The van der Waals surface area contributed by atoms with Crippen molar-refractivity contribution < 1.29 is 14.3 Å². The highest BCUT2D eigenvalue weighted by atomic mass is 32.2. The van der Waals surface area contributed by atoms with Gasteiger partial charge in [-0.3, -0.25) is 14.9 Å². The van der Waals surface area contributed by atoms with Gasteiger partial charge >= 0.3 is 5.97 Å². The van der Waals surface area contributed by atoms with Crippen LogP contribution in [0.2, 0.25) is 0 Å². The quantitative estimate of drug-likeness (QED) is 0.478. The topological polar surface area (TPSA) is 107 Å². The molecule has 2 rings (SSSR count). The van der Waals surface area contributed by atoms with Crippen molar-refractivity contribution in [1.82, 2.24) is 19.8 Å². The van der Waals surface area contributed by atoms with Gasteiger partial charge in [0.1, 0.15) is 4.88 Å². The maximum Gasteiger partial charge on any atom is 0.316 e. The highest BCUT2D eigenvalue weighted by Crippen LogP contribution is 2.26. The van der Waals surface area contributed by atoms with E-state index in [1.165, 1.54) is 23.1 Å². The Balaban J connectivity index is 1.90. The fraction of sp³-hybridized carbons (Fsp3) is 0.400. The lowest BCUT2D eigenvalue weighted by Crippen LogP contribution is -2.11. The molecule has 21 heavy (non-hydrogen) atoms. The molecule has 0 spiro atoms. The molecule has 0 bridgehead atoms. The van der Waals surface area contributed by atoms with E-state index in [1.807, 2.05) is 0 Å². The monoisotopic (exact) mass is 345 g/mol. The largest absolute Gasteiger partial charge is 0.465 e. The van der Waals surface area contributed by atoms with Gasteiger partial charge in [-0.2, -0.15) is 0 Å². The van der Waals surface area contributed by atoms with Crippen molar-refractivity contribution in [3.05, 3.63) is 10.6 Å². The number of carbonyl (C=O) groups is 2. The van der Waals surface area contributed by atoms with E-state index >= 15 is 0 Å². The Morgan fingerprint density at radius 2 is 2.14 bits per heavy atom. The molecular weight excluding hydrogens is 334 g/mol. The molecule has 2 heterocycles. The van der Waals surface area contributed by atoms with E-state index < -0.39 is 0 Å². The Morgan fingerprint density at radius 1 is 1.33 bits per heavy atom. The highest BCUT2D eigenvalue weighted by Gasteiger charge is 2.16. The summed E-state index contributed by atoms with van der Waals surface area (Å²) >= 11 is 3.42. The van der Waals surface area contributed by atoms with E-state index in [2.05, 4.69) is 25.1 Å². The van der Waals surface area contributed by atoms with E-state index in [9.17, 15) is 9.59 Å². The Kier molecular flexibility index (Phi) is 5.59. The zero-order valence-corrected chi connectivity index (χ0v) is 13.6. The van der Waals surface area contributed by atoms with E-state index in [-0.39, 0.29) is 17.6 Å². The molecule has 0 saturated heterocycles. The standard InChI is InChI=1S/C10H11N5O3S3/c1-3-18-6(16)4-19-10-14-13-9(20-10)11-8(17)7-5(2)12-15-21-7/h3-4H2,1-2H3,(H,11,13,17). The number of aromatic nitrogens is 4. The number of nitrogens with zero attached hydrogens (tertiary/aromatic N) is 4. The molecular formula is C10H11N5O3S3. The van der Waals surface area contributed by atoms with Crippen LogP contribution in [0, 0.1) is 6.92 Å². The molecule has 0 aliphatic rings. The first kappa shape index (κ1) is 15.8. The van der Waals surface area contributed by atoms with Crippen LogP contribution in [0.15, 0.2) is 4.34 Å². The van der Waals surface area contributed by atoms with Crippen LogP contribution in [0.4, 0.5) is 5.13 Å². The van der Waals surface area contributed by atoms with Gasteiger partial charge in [-0.25, -0.2) is 0 Å². The van der Waals surface area contributed by atoms with Crippen LogP contribution >= 0.6 is 34.6 Å². The van der Waals surface area contributed by atoms with Gasteiger partial charge < -0.3 is 4.74 Å². The third-order valence-electron chi connectivity index (χ3n) is 2.10. The zero-order chi connectivity index (χ0) is 15.2. The van der Waals surface area contributed by atoms with Gasteiger partial charge in [0, 0.05) is 0 Å². The Labute approximate surface area is 132 Å². The van der Waals surface area contributed by atoms with Gasteiger partial charge in [-0.1, -0.05) is 27.6 Å². The van der Waals surface area contributed by atoms with Crippen LogP contribution in [0.25, 0.3) is 0 Å². The average Bonchev–Trinajstić information content (AvgIpc) is 3.06. The summed E-state index contributed by atoms with van der Waals surface area (Å²) in [5.74, 6) is -0.468. The number of hydrogen-bond donors (Lipinski definition) is 1. The lowest BCUT2D eigenvalue weighted by Gasteiger charge is -1.98. The van der Waals surface area contributed by atoms with Crippen molar-refractivity contribution in [2.45, 2.75) is 18.2 Å². The second kappa shape index (κ2) is 7.43. The number of anilines is 1. The third-order valence-corrected chi connectivity index (χ3v) is 4.88. The number of ether oxygens (including phenoxy) is 1. The van der Waals surface area contributed by atoms with Gasteiger partial charge in [0.25, 0.3) is 5.91 Å². The molecule has 2 aromatic heterocycles. The number of aryl methyl sites for hydroxylation is 1. The van der Waals surface area contributed by atoms with E-state index in [0.717, 1.165) is 11.5 Å². The predicted molar refractivity (Wildman–Crippen MR) is 79.9 cm³/mol. The second-order valence-corrected chi connectivity index (χ2v) is 6.56. The minimum absolute atomic E-state index is 0.161. The summed E-state index contributed by atoms with van der Waals surface area (Å²) in [6.45, 7) is 3.80. The molecule has 8 nitrogen and oxygen atoms in total. The smallest absolute Gasteiger partial charge is 0.316 e. The van der Waals surface area contributed by atoms with Crippen molar-refractivity contribution in [3.63, 3.8) is 0 Å². The van der Waals surface area contributed by atoms with Crippen LogP contribution in [0.1, 0.15) is 22.3 Å². The summed E-state index contributed by atoms with van der Waals surface area (Å²) in [6.07, 6.45) is 0. The molecule has 1 N–H and O–H groups in total. The molecule has 0 aliphatic heterocycles. The Morgan fingerprint density at radius 3 is 2.81 bits per heavy atom. The maximum atomic E-state index is 11.9. The SMILES string of the molecule is CCOC(=O)CSc1nnc(NC(=O)c2snnc2C)s1. The van der Waals surface area contributed by atoms with Gasteiger partial charge in [0.15, 0.2) is 4.34 Å². The van der Waals surface area contributed by atoms with Crippen LogP contribution in [-0.4, -0.2) is 44.0 Å². The molecule has 0 unspecified atom stereocenters. The van der Waals surface area contributed by atoms with Crippen LogP contribution in [0.3, 0.4) is 0 Å². The van der Waals surface area contributed by atoms with Crippen LogP contribution in [0.5, 0.6) is 0 Å². The molecule has 0 saturated carbocycles. The number of hydrogen-bond acceptors (Lipinski definition) is 10. The molecule has 112 valence electrons. The lowest BCUT2D eigenvalue weighted by atomic mass is 10.4. The first-order valence-corrected chi connectivity index (χ1v) is 8.40. The third kappa shape index (κ3) is 4.44. The van der Waals surface area contributed by atoms with E-state index in [4.69, 9.17) is 4.74 Å². The number of rotatable bonds is 6.